The Balaban J connectivity index is 1.58. The zero-order valence-corrected chi connectivity index (χ0v) is 16.2. The van der Waals surface area contributed by atoms with Crippen LogP contribution in [0.5, 0.6) is 5.75 Å². The van der Waals surface area contributed by atoms with Gasteiger partial charge in [0.2, 0.25) is 0 Å². The lowest BCUT2D eigenvalue weighted by molar-refractivity contribution is -0.153. The molecule has 156 valence electrons. The van der Waals surface area contributed by atoms with Crippen LogP contribution in [-0.2, 0) is 6.54 Å². The van der Waals surface area contributed by atoms with Crippen molar-refractivity contribution in [2.24, 2.45) is 0 Å². The SMILES string of the molecule is CN1CCN(c2ccccc2CNC(=O)c2ccc(OCC(F)(F)F)cc2)CC1. The number of hydrogen-bond acceptors (Lipinski definition) is 4. The van der Waals surface area contributed by atoms with Crippen molar-refractivity contribution >= 4 is 11.6 Å². The van der Waals surface area contributed by atoms with Gasteiger partial charge in [-0.05, 0) is 42.9 Å². The van der Waals surface area contributed by atoms with Gasteiger partial charge in [0.25, 0.3) is 5.91 Å². The monoisotopic (exact) mass is 407 g/mol. The number of piperazine rings is 1. The molecule has 1 fully saturated rings. The number of benzene rings is 2. The molecule has 1 amide bonds. The van der Waals surface area contributed by atoms with Crippen molar-refractivity contribution in [2.75, 3.05) is 44.7 Å². The predicted molar refractivity (Wildman–Crippen MR) is 105 cm³/mol. The molecule has 1 heterocycles. The predicted octanol–water partition coefficient (Wildman–Crippen LogP) is 3.31. The zero-order valence-electron chi connectivity index (χ0n) is 16.2. The van der Waals surface area contributed by atoms with Crippen LogP contribution in [0.15, 0.2) is 48.5 Å². The summed E-state index contributed by atoms with van der Waals surface area (Å²) in [6.45, 7) is 2.85. The molecule has 0 aliphatic carbocycles. The number of rotatable bonds is 6. The molecular formula is C21H24F3N3O2. The van der Waals surface area contributed by atoms with Crippen molar-refractivity contribution in [2.45, 2.75) is 12.7 Å². The van der Waals surface area contributed by atoms with Crippen LogP contribution in [0.1, 0.15) is 15.9 Å². The first-order chi connectivity index (χ1) is 13.8. The van der Waals surface area contributed by atoms with Gasteiger partial charge in [-0.15, -0.1) is 0 Å². The van der Waals surface area contributed by atoms with Gasteiger partial charge in [-0.2, -0.15) is 13.2 Å². The third-order valence-electron chi connectivity index (χ3n) is 4.79. The van der Waals surface area contributed by atoms with Crippen LogP contribution in [0.25, 0.3) is 0 Å². The number of para-hydroxylation sites is 1. The summed E-state index contributed by atoms with van der Waals surface area (Å²) in [5.41, 5.74) is 2.49. The Kier molecular flexibility index (Phi) is 6.64. The highest BCUT2D eigenvalue weighted by atomic mass is 19.4. The molecule has 0 saturated carbocycles. The molecule has 1 aliphatic heterocycles. The van der Waals surface area contributed by atoms with E-state index in [4.69, 9.17) is 0 Å². The average molecular weight is 407 g/mol. The summed E-state index contributed by atoms with van der Waals surface area (Å²) in [7, 11) is 2.10. The van der Waals surface area contributed by atoms with Crippen molar-refractivity contribution in [3.63, 3.8) is 0 Å². The van der Waals surface area contributed by atoms with Gasteiger partial charge in [0.1, 0.15) is 5.75 Å². The summed E-state index contributed by atoms with van der Waals surface area (Å²) in [5.74, 6) is -0.222. The molecule has 2 aromatic carbocycles. The molecule has 0 spiro atoms. The topological polar surface area (TPSA) is 44.8 Å². The van der Waals surface area contributed by atoms with E-state index >= 15 is 0 Å². The van der Waals surface area contributed by atoms with E-state index in [2.05, 4.69) is 33.0 Å². The minimum absolute atomic E-state index is 0.0688. The minimum atomic E-state index is -4.40. The molecule has 5 nitrogen and oxygen atoms in total. The smallest absolute Gasteiger partial charge is 0.422 e. The maximum Gasteiger partial charge on any atom is 0.422 e. The van der Waals surface area contributed by atoms with Crippen LogP contribution in [0, 0.1) is 0 Å². The lowest BCUT2D eigenvalue weighted by Gasteiger charge is -2.35. The van der Waals surface area contributed by atoms with Gasteiger partial charge >= 0.3 is 6.18 Å². The maximum absolute atomic E-state index is 12.4. The van der Waals surface area contributed by atoms with Gasteiger partial charge in [0.05, 0.1) is 0 Å². The third-order valence-corrected chi connectivity index (χ3v) is 4.79. The number of nitrogens with zero attached hydrogens (tertiary/aromatic N) is 2. The summed E-state index contributed by atoms with van der Waals surface area (Å²) in [6, 6.07) is 13.6. The fraction of sp³-hybridized carbons (Fsp3) is 0.381. The quantitative estimate of drug-likeness (QED) is 0.798. The minimum Gasteiger partial charge on any atom is -0.484 e. The van der Waals surface area contributed by atoms with E-state index in [9.17, 15) is 18.0 Å². The van der Waals surface area contributed by atoms with Gasteiger partial charge in [-0.1, -0.05) is 18.2 Å². The van der Waals surface area contributed by atoms with Gasteiger partial charge in [-0.3, -0.25) is 4.79 Å². The highest BCUT2D eigenvalue weighted by Crippen LogP contribution is 2.22. The van der Waals surface area contributed by atoms with Gasteiger partial charge < -0.3 is 19.9 Å². The number of anilines is 1. The second kappa shape index (κ2) is 9.17. The Morgan fingerprint density at radius 3 is 2.34 bits per heavy atom. The summed E-state index contributed by atoms with van der Waals surface area (Å²) in [4.78, 5) is 17.0. The summed E-state index contributed by atoms with van der Waals surface area (Å²) in [5, 5.41) is 2.88. The lowest BCUT2D eigenvalue weighted by Crippen LogP contribution is -2.45. The number of hydrogen-bond donors (Lipinski definition) is 1. The van der Waals surface area contributed by atoms with E-state index in [1.54, 1.807) is 0 Å². The Hall–Kier alpha value is -2.74. The van der Waals surface area contributed by atoms with Gasteiger partial charge in [0.15, 0.2) is 6.61 Å². The molecular weight excluding hydrogens is 383 g/mol. The molecule has 1 aliphatic rings. The van der Waals surface area contributed by atoms with E-state index in [1.807, 2.05) is 18.2 Å². The van der Waals surface area contributed by atoms with E-state index < -0.39 is 12.8 Å². The van der Waals surface area contributed by atoms with E-state index in [1.165, 1.54) is 24.3 Å². The van der Waals surface area contributed by atoms with E-state index in [0.717, 1.165) is 37.4 Å². The number of amides is 1. The Morgan fingerprint density at radius 1 is 1.03 bits per heavy atom. The number of nitrogens with one attached hydrogen (secondary N) is 1. The number of alkyl halides is 3. The normalized spacial score (nSPS) is 15.2. The first-order valence-electron chi connectivity index (χ1n) is 9.41. The molecule has 8 heteroatoms. The molecule has 29 heavy (non-hydrogen) atoms. The fourth-order valence-corrected chi connectivity index (χ4v) is 3.16. The highest BCUT2D eigenvalue weighted by Gasteiger charge is 2.28. The first kappa shape index (κ1) is 21.0. The number of carbonyl (C=O) groups is 1. The molecule has 1 saturated heterocycles. The third kappa shape index (κ3) is 6.12. The molecule has 0 aromatic heterocycles. The van der Waals surface area contributed by atoms with Crippen molar-refractivity contribution < 1.29 is 22.7 Å². The van der Waals surface area contributed by atoms with Crippen LogP contribution >= 0.6 is 0 Å². The van der Waals surface area contributed by atoms with Crippen LogP contribution in [-0.4, -0.2) is 56.8 Å². The number of likely N-dealkylation sites (N-methyl/N-ethyl adjacent to an activating group) is 1. The molecule has 1 N–H and O–H groups in total. The number of carbonyl (C=O) groups excluding carboxylic acids is 1. The van der Waals surface area contributed by atoms with E-state index in [-0.39, 0.29) is 11.7 Å². The molecule has 0 radical (unpaired) electrons. The Morgan fingerprint density at radius 2 is 1.69 bits per heavy atom. The van der Waals surface area contributed by atoms with Crippen molar-refractivity contribution in [3.8, 4) is 5.75 Å². The van der Waals surface area contributed by atoms with Crippen LogP contribution in [0.2, 0.25) is 0 Å². The first-order valence-corrected chi connectivity index (χ1v) is 9.41. The average Bonchev–Trinajstić information content (AvgIpc) is 2.71. The van der Waals surface area contributed by atoms with Crippen molar-refractivity contribution in [1.82, 2.24) is 10.2 Å². The summed E-state index contributed by atoms with van der Waals surface area (Å²) < 4.78 is 41.3. The van der Waals surface area contributed by atoms with Gasteiger partial charge in [0, 0.05) is 44.0 Å². The van der Waals surface area contributed by atoms with Crippen LogP contribution in [0.3, 0.4) is 0 Å². The molecule has 0 unspecified atom stereocenters. The van der Waals surface area contributed by atoms with Gasteiger partial charge in [-0.25, -0.2) is 0 Å². The second-order valence-corrected chi connectivity index (χ2v) is 7.03. The summed E-state index contributed by atoms with van der Waals surface area (Å²) >= 11 is 0. The zero-order chi connectivity index (χ0) is 20.9. The van der Waals surface area contributed by atoms with Crippen LogP contribution in [0.4, 0.5) is 18.9 Å². The number of halogens is 3. The molecule has 2 aromatic rings. The molecule has 0 bridgehead atoms. The van der Waals surface area contributed by atoms with Crippen LogP contribution < -0.4 is 15.0 Å². The largest absolute Gasteiger partial charge is 0.484 e. The Labute approximate surface area is 168 Å². The van der Waals surface area contributed by atoms with E-state index in [0.29, 0.717) is 12.1 Å². The lowest BCUT2D eigenvalue weighted by atomic mass is 10.1. The molecule has 3 rings (SSSR count). The number of ether oxygens (including phenoxy) is 1. The van der Waals surface area contributed by atoms with Crippen molar-refractivity contribution in [1.29, 1.82) is 0 Å². The second-order valence-electron chi connectivity index (χ2n) is 7.03. The standard InChI is InChI=1S/C21H24F3N3O2/c1-26-10-12-27(13-11-26)19-5-3-2-4-17(19)14-25-20(28)16-6-8-18(9-7-16)29-15-21(22,23)24/h2-9H,10-15H2,1H3,(H,25,28). The van der Waals surface area contributed by atoms with Crippen molar-refractivity contribution in [3.05, 3.63) is 59.7 Å². The highest BCUT2D eigenvalue weighted by molar-refractivity contribution is 5.94. The fourth-order valence-electron chi connectivity index (χ4n) is 3.16. The molecule has 0 atom stereocenters. The summed E-state index contributed by atoms with van der Waals surface area (Å²) in [6.07, 6.45) is -4.40. The Bertz CT molecular complexity index is 817. The maximum atomic E-state index is 12.4.